The predicted molar refractivity (Wildman–Crippen MR) is 104 cm³/mol. The number of halogens is 3. The third kappa shape index (κ3) is 3.51. The Hall–Kier alpha value is -3.78. The molecule has 0 unspecified atom stereocenters. The largest absolute Gasteiger partial charge is 0.417 e. The van der Waals surface area contributed by atoms with E-state index in [1.807, 2.05) is 6.07 Å². The Morgan fingerprint density at radius 2 is 1.81 bits per heavy atom. The van der Waals surface area contributed by atoms with Crippen molar-refractivity contribution in [2.24, 2.45) is 0 Å². The van der Waals surface area contributed by atoms with E-state index in [0.29, 0.717) is 6.20 Å². The number of alkyl halides is 3. The lowest BCUT2D eigenvalue weighted by atomic mass is 10.1. The van der Waals surface area contributed by atoms with E-state index < -0.39 is 21.8 Å². The van der Waals surface area contributed by atoms with Crippen molar-refractivity contribution in [1.82, 2.24) is 18.9 Å². The minimum atomic E-state index is -4.69. The zero-order valence-corrected chi connectivity index (χ0v) is 16.6. The summed E-state index contributed by atoms with van der Waals surface area (Å²) in [5.41, 5.74) is -0.439. The van der Waals surface area contributed by atoms with Crippen LogP contribution in [-0.4, -0.2) is 27.3 Å². The fourth-order valence-electron chi connectivity index (χ4n) is 3.06. The predicted octanol–water partition coefficient (Wildman–Crippen LogP) is 3.93. The molecule has 0 fully saturated rings. The van der Waals surface area contributed by atoms with Gasteiger partial charge in [-0.2, -0.15) is 18.4 Å². The van der Waals surface area contributed by atoms with Gasteiger partial charge in [-0.1, -0.05) is 17.7 Å². The van der Waals surface area contributed by atoms with Crippen LogP contribution in [0.25, 0.3) is 22.3 Å². The first-order valence-electron chi connectivity index (χ1n) is 8.74. The number of pyridine rings is 1. The van der Waals surface area contributed by atoms with E-state index in [-0.39, 0.29) is 32.7 Å². The van der Waals surface area contributed by atoms with Crippen molar-refractivity contribution in [3.05, 3.63) is 71.9 Å². The molecule has 3 heterocycles. The zero-order chi connectivity index (χ0) is 22.4. The van der Waals surface area contributed by atoms with Gasteiger partial charge in [-0.3, -0.25) is 0 Å². The molecule has 0 N–H and O–H groups in total. The Balaban J connectivity index is 2.06. The summed E-state index contributed by atoms with van der Waals surface area (Å²) in [6.45, 7) is 1.79. The first-order chi connectivity index (χ1) is 14.6. The van der Waals surface area contributed by atoms with Crippen molar-refractivity contribution < 1.29 is 21.6 Å². The van der Waals surface area contributed by atoms with Crippen molar-refractivity contribution in [2.45, 2.75) is 18.0 Å². The number of aryl methyl sites for hydroxylation is 1. The summed E-state index contributed by atoms with van der Waals surface area (Å²) in [5, 5.41) is 9.25. The van der Waals surface area contributed by atoms with Crippen molar-refractivity contribution in [2.75, 3.05) is 0 Å². The molecule has 11 heteroatoms. The van der Waals surface area contributed by atoms with Crippen molar-refractivity contribution in [1.29, 1.82) is 5.26 Å². The molecule has 0 radical (unpaired) electrons. The maximum atomic E-state index is 13.3. The summed E-state index contributed by atoms with van der Waals surface area (Å²) in [5.74, 6) is 0. The fraction of sp³-hybridized carbons (Fsp3) is 0.100. The molecule has 31 heavy (non-hydrogen) atoms. The van der Waals surface area contributed by atoms with Crippen LogP contribution in [0.1, 0.15) is 16.7 Å². The van der Waals surface area contributed by atoms with Gasteiger partial charge < -0.3 is 0 Å². The molecule has 0 spiro atoms. The first-order valence-corrected chi connectivity index (χ1v) is 10.2. The van der Waals surface area contributed by atoms with E-state index in [1.165, 1.54) is 18.3 Å². The van der Waals surface area contributed by atoms with Gasteiger partial charge in [0, 0.05) is 29.5 Å². The Morgan fingerprint density at radius 1 is 1.10 bits per heavy atom. The van der Waals surface area contributed by atoms with Gasteiger partial charge in [-0.25, -0.2) is 27.3 Å². The van der Waals surface area contributed by atoms with E-state index in [2.05, 4.69) is 15.0 Å². The SMILES string of the molecule is Cc1ccc(S(=O)(=O)n2cc(-c3ncncc3C#N)c3cc(C(F)(F)F)cnc32)cc1. The topological polar surface area (TPSA) is 102 Å². The van der Waals surface area contributed by atoms with Gasteiger partial charge >= 0.3 is 6.18 Å². The molecule has 4 rings (SSSR count). The molecule has 0 aliphatic heterocycles. The third-order valence-electron chi connectivity index (χ3n) is 4.60. The van der Waals surface area contributed by atoms with Gasteiger partial charge in [0.2, 0.25) is 0 Å². The van der Waals surface area contributed by atoms with Crippen LogP contribution >= 0.6 is 0 Å². The molecular formula is C20H12F3N5O2S. The molecule has 0 saturated carbocycles. The summed E-state index contributed by atoms with van der Waals surface area (Å²) in [6, 6.07) is 8.65. The van der Waals surface area contributed by atoms with Crippen LogP contribution in [-0.2, 0) is 16.2 Å². The van der Waals surface area contributed by atoms with Crippen molar-refractivity contribution in [3.63, 3.8) is 0 Å². The van der Waals surface area contributed by atoms with Gasteiger partial charge in [0.25, 0.3) is 10.0 Å². The second kappa shape index (κ2) is 7.17. The maximum absolute atomic E-state index is 13.3. The molecule has 0 aliphatic carbocycles. The number of nitrogens with zero attached hydrogens (tertiary/aromatic N) is 5. The minimum absolute atomic E-state index is 0.00137. The lowest BCUT2D eigenvalue weighted by Gasteiger charge is -2.09. The van der Waals surface area contributed by atoms with E-state index in [4.69, 9.17) is 0 Å². The summed E-state index contributed by atoms with van der Waals surface area (Å²) in [7, 11) is -4.19. The normalized spacial score (nSPS) is 12.1. The van der Waals surface area contributed by atoms with Crippen LogP contribution in [0.15, 0.2) is 60.1 Å². The minimum Gasteiger partial charge on any atom is -0.243 e. The molecule has 0 amide bonds. The molecule has 0 aliphatic rings. The second-order valence-corrected chi connectivity index (χ2v) is 8.46. The molecule has 7 nitrogen and oxygen atoms in total. The summed E-state index contributed by atoms with van der Waals surface area (Å²) < 4.78 is 67.2. The van der Waals surface area contributed by atoms with Crippen LogP contribution in [0.2, 0.25) is 0 Å². The quantitative estimate of drug-likeness (QED) is 0.476. The number of nitriles is 1. The highest BCUT2D eigenvalue weighted by Gasteiger charge is 2.33. The van der Waals surface area contributed by atoms with Gasteiger partial charge in [0.15, 0.2) is 5.65 Å². The Morgan fingerprint density at radius 3 is 2.45 bits per heavy atom. The molecule has 3 aromatic heterocycles. The van der Waals surface area contributed by atoms with Gasteiger partial charge in [-0.05, 0) is 25.1 Å². The lowest BCUT2D eigenvalue weighted by molar-refractivity contribution is -0.137. The number of aromatic nitrogens is 4. The van der Waals surface area contributed by atoms with Crippen LogP contribution in [0.5, 0.6) is 0 Å². The number of fused-ring (bicyclic) bond motifs is 1. The highest BCUT2D eigenvalue weighted by Crippen LogP contribution is 2.36. The molecular weight excluding hydrogens is 431 g/mol. The molecule has 0 bridgehead atoms. The van der Waals surface area contributed by atoms with E-state index in [1.54, 1.807) is 19.1 Å². The van der Waals surface area contributed by atoms with Gasteiger partial charge in [0.1, 0.15) is 12.4 Å². The van der Waals surface area contributed by atoms with Crippen molar-refractivity contribution in [3.8, 4) is 17.3 Å². The molecule has 1 aromatic carbocycles. The highest BCUT2D eigenvalue weighted by molar-refractivity contribution is 7.90. The second-order valence-electron chi connectivity index (χ2n) is 6.65. The van der Waals surface area contributed by atoms with Crippen LogP contribution in [0.3, 0.4) is 0 Å². The molecule has 156 valence electrons. The third-order valence-corrected chi connectivity index (χ3v) is 6.27. The molecule has 0 saturated heterocycles. The van der Waals surface area contributed by atoms with Gasteiger partial charge in [0.05, 0.1) is 21.7 Å². The maximum Gasteiger partial charge on any atom is 0.417 e. The number of rotatable bonds is 3. The monoisotopic (exact) mass is 443 g/mol. The van der Waals surface area contributed by atoms with Gasteiger partial charge in [-0.15, -0.1) is 0 Å². The average molecular weight is 443 g/mol. The van der Waals surface area contributed by atoms with E-state index >= 15 is 0 Å². The first kappa shape index (κ1) is 20.5. The van der Waals surface area contributed by atoms with Crippen LogP contribution in [0, 0.1) is 18.3 Å². The summed E-state index contributed by atoms with van der Waals surface area (Å²) in [4.78, 5) is 11.5. The van der Waals surface area contributed by atoms with E-state index in [0.717, 1.165) is 28.1 Å². The standard InChI is InChI=1S/C20H12F3N5O2S/c1-12-2-4-15(5-3-12)31(29,30)28-10-17(18-13(7-24)8-25-11-27-18)16-6-14(20(21,22)23)9-26-19(16)28/h2-6,8-11H,1H3. The highest BCUT2D eigenvalue weighted by atomic mass is 32.2. The lowest BCUT2D eigenvalue weighted by Crippen LogP contribution is -2.13. The smallest absolute Gasteiger partial charge is 0.243 e. The Bertz CT molecular complexity index is 1450. The summed E-state index contributed by atoms with van der Waals surface area (Å²) in [6.07, 6.45) is -0.690. The number of benzene rings is 1. The average Bonchev–Trinajstić information content (AvgIpc) is 3.13. The Kier molecular flexibility index (Phi) is 4.74. The number of hydrogen-bond acceptors (Lipinski definition) is 6. The zero-order valence-electron chi connectivity index (χ0n) is 15.8. The molecule has 4 aromatic rings. The number of hydrogen-bond donors (Lipinski definition) is 0. The Labute approximate surface area is 174 Å². The van der Waals surface area contributed by atoms with Crippen LogP contribution in [0.4, 0.5) is 13.2 Å². The molecule has 0 atom stereocenters. The van der Waals surface area contributed by atoms with Crippen LogP contribution < -0.4 is 0 Å². The van der Waals surface area contributed by atoms with Crippen molar-refractivity contribution >= 4 is 21.1 Å². The van der Waals surface area contributed by atoms with E-state index in [9.17, 15) is 26.9 Å². The summed E-state index contributed by atoms with van der Waals surface area (Å²) >= 11 is 0. The fourth-order valence-corrected chi connectivity index (χ4v) is 4.38.